The highest BCUT2D eigenvalue weighted by atomic mass is 19.4. The van der Waals surface area contributed by atoms with Crippen LogP contribution < -0.4 is 10.6 Å². The zero-order valence-electron chi connectivity index (χ0n) is 14.9. The van der Waals surface area contributed by atoms with Gasteiger partial charge < -0.3 is 15.4 Å². The van der Waals surface area contributed by atoms with Gasteiger partial charge in [-0.05, 0) is 43.7 Å². The third-order valence-corrected chi connectivity index (χ3v) is 4.37. The van der Waals surface area contributed by atoms with E-state index in [2.05, 4.69) is 15.6 Å². The van der Waals surface area contributed by atoms with Crippen molar-refractivity contribution in [2.75, 3.05) is 11.9 Å². The number of hydrogen-bond donors (Lipinski definition) is 2. The van der Waals surface area contributed by atoms with Crippen LogP contribution in [0.1, 0.15) is 41.6 Å². The third-order valence-electron chi connectivity index (χ3n) is 4.37. The van der Waals surface area contributed by atoms with E-state index in [0.717, 1.165) is 24.4 Å². The number of carbonyl (C=O) groups excluding carboxylic acids is 1. The van der Waals surface area contributed by atoms with Crippen LogP contribution in [0.15, 0.2) is 42.6 Å². The van der Waals surface area contributed by atoms with Crippen molar-refractivity contribution >= 4 is 11.6 Å². The van der Waals surface area contributed by atoms with Crippen LogP contribution in [-0.2, 0) is 10.9 Å². The Balaban J connectivity index is 1.70. The highest BCUT2D eigenvalue weighted by Crippen LogP contribution is 2.29. The Hall–Kier alpha value is -2.45. The van der Waals surface area contributed by atoms with Crippen LogP contribution in [0.5, 0.6) is 0 Å². The number of nitrogens with one attached hydrogen (secondary N) is 2. The first-order valence-corrected chi connectivity index (χ1v) is 8.57. The van der Waals surface area contributed by atoms with Gasteiger partial charge in [0.25, 0.3) is 5.91 Å². The van der Waals surface area contributed by atoms with Gasteiger partial charge in [-0.1, -0.05) is 12.1 Å². The molecule has 3 atom stereocenters. The predicted octanol–water partition coefficient (Wildman–Crippen LogP) is 3.79. The summed E-state index contributed by atoms with van der Waals surface area (Å²) in [4.78, 5) is 15.5. The minimum absolute atomic E-state index is 0.0973. The number of benzene rings is 1. The molecule has 8 heteroatoms. The molecule has 27 heavy (non-hydrogen) atoms. The Morgan fingerprint density at radius 1 is 1.22 bits per heavy atom. The maximum absolute atomic E-state index is 12.7. The van der Waals surface area contributed by atoms with Gasteiger partial charge in [0.15, 0.2) is 0 Å². The Kier molecular flexibility index (Phi) is 5.48. The lowest BCUT2D eigenvalue weighted by atomic mass is 10.0. The van der Waals surface area contributed by atoms with Crippen molar-refractivity contribution in [2.24, 2.45) is 0 Å². The Morgan fingerprint density at radius 3 is 2.59 bits per heavy atom. The summed E-state index contributed by atoms with van der Waals surface area (Å²) in [6.07, 6.45) is -3.63. The molecule has 2 N–H and O–H groups in total. The van der Waals surface area contributed by atoms with Crippen molar-refractivity contribution in [1.82, 2.24) is 10.3 Å². The molecular weight excluding hydrogens is 359 g/mol. The van der Waals surface area contributed by atoms with Crippen molar-refractivity contribution in [3.8, 4) is 0 Å². The summed E-state index contributed by atoms with van der Waals surface area (Å²) in [6, 6.07) is 9.20. The van der Waals surface area contributed by atoms with Gasteiger partial charge in [0.1, 0.15) is 5.69 Å². The van der Waals surface area contributed by atoms with Crippen LogP contribution in [0.25, 0.3) is 0 Å². The molecule has 1 aromatic carbocycles. The Morgan fingerprint density at radius 2 is 1.93 bits per heavy atom. The molecule has 0 saturated carbocycles. The van der Waals surface area contributed by atoms with Gasteiger partial charge in [0.2, 0.25) is 0 Å². The van der Waals surface area contributed by atoms with Crippen LogP contribution in [0, 0.1) is 0 Å². The molecule has 0 aliphatic carbocycles. The minimum Gasteiger partial charge on any atom is -0.368 e. The van der Waals surface area contributed by atoms with E-state index in [0.29, 0.717) is 5.69 Å². The molecule has 1 aromatic heterocycles. The first kappa shape index (κ1) is 19.3. The number of halogens is 3. The number of carbonyl (C=O) groups is 1. The zero-order valence-corrected chi connectivity index (χ0v) is 14.9. The lowest BCUT2D eigenvalue weighted by molar-refractivity contribution is -0.141. The van der Waals surface area contributed by atoms with Gasteiger partial charge in [0.05, 0.1) is 12.2 Å². The number of alkyl halides is 3. The molecule has 1 fully saturated rings. The van der Waals surface area contributed by atoms with Crippen molar-refractivity contribution < 1.29 is 22.7 Å². The van der Waals surface area contributed by atoms with Crippen LogP contribution in [0.3, 0.4) is 0 Å². The van der Waals surface area contributed by atoms with E-state index in [1.807, 2.05) is 26.0 Å². The molecule has 0 unspecified atom stereocenters. The Bertz CT molecular complexity index is 809. The largest absolute Gasteiger partial charge is 0.433 e. The molecule has 0 spiro atoms. The van der Waals surface area contributed by atoms with Gasteiger partial charge in [-0.15, -0.1) is 0 Å². The van der Waals surface area contributed by atoms with Crippen molar-refractivity contribution in [1.29, 1.82) is 0 Å². The number of rotatable bonds is 3. The third kappa shape index (κ3) is 4.64. The van der Waals surface area contributed by atoms with E-state index in [4.69, 9.17) is 4.74 Å². The zero-order chi connectivity index (χ0) is 19.6. The van der Waals surface area contributed by atoms with E-state index in [9.17, 15) is 18.0 Å². The van der Waals surface area contributed by atoms with Crippen molar-refractivity contribution in [2.45, 2.75) is 38.3 Å². The smallest absolute Gasteiger partial charge is 0.368 e. The van der Waals surface area contributed by atoms with E-state index < -0.39 is 17.8 Å². The highest BCUT2D eigenvalue weighted by Gasteiger charge is 2.33. The van der Waals surface area contributed by atoms with Gasteiger partial charge in [-0.2, -0.15) is 13.2 Å². The van der Waals surface area contributed by atoms with Gasteiger partial charge in [-0.25, -0.2) is 0 Å². The number of nitrogens with zero attached hydrogens (tertiary/aromatic N) is 1. The molecule has 1 saturated heterocycles. The number of hydrogen-bond acceptors (Lipinski definition) is 4. The molecule has 0 radical (unpaired) electrons. The quantitative estimate of drug-likeness (QED) is 0.852. The van der Waals surface area contributed by atoms with E-state index >= 15 is 0 Å². The van der Waals surface area contributed by atoms with E-state index in [-0.39, 0.29) is 23.8 Å². The molecule has 2 heterocycles. The number of pyridine rings is 1. The SMILES string of the molecule is C[C@@H]1CN[C@H](C)[C@H](c2ccc(NC(=O)c3ccnc(C(F)(F)F)c3)cc2)O1. The van der Waals surface area contributed by atoms with Gasteiger partial charge >= 0.3 is 6.18 Å². The first-order valence-electron chi connectivity index (χ1n) is 8.57. The first-order chi connectivity index (χ1) is 12.7. The fourth-order valence-electron chi connectivity index (χ4n) is 2.93. The van der Waals surface area contributed by atoms with Crippen molar-refractivity contribution in [3.05, 3.63) is 59.4 Å². The van der Waals surface area contributed by atoms with Crippen LogP contribution in [0.4, 0.5) is 18.9 Å². The summed E-state index contributed by atoms with van der Waals surface area (Å²) in [5.41, 5.74) is 0.237. The highest BCUT2D eigenvalue weighted by molar-refractivity contribution is 6.04. The molecule has 1 aliphatic heterocycles. The molecule has 3 rings (SSSR count). The summed E-state index contributed by atoms with van der Waals surface area (Å²) in [7, 11) is 0. The minimum atomic E-state index is -4.60. The fourth-order valence-corrected chi connectivity index (χ4v) is 2.93. The number of morpholine rings is 1. The number of aromatic nitrogens is 1. The summed E-state index contributed by atoms with van der Waals surface area (Å²) < 4.78 is 44.1. The molecule has 5 nitrogen and oxygen atoms in total. The summed E-state index contributed by atoms with van der Waals surface area (Å²) >= 11 is 0. The Labute approximate surface area is 154 Å². The average Bonchev–Trinajstić information content (AvgIpc) is 2.64. The van der Waals surface area contributed by atoms with Gasteiger partial charge in [-0.3, -0.25) is 9.78 Å². The summed E-state index contributed by atoms with van der Waals surface area (Å²) in [5, 5.41) is 5.97. The standard InChI is InChI=1S/C19H20F3N3O2/c1-11-10-24-12(2)17(27-11)13-3-5-15(6-4-13)25-18(26)14-7-8-23-16(9-14)19(20,21)22/h3-9,11-12,17,24H,10H2,1-2H3,(H,25,26)/t11-,12-,17-/m1/s1. The molecule has 1 aliphatic rings. The second-order valence-electron chi connectivity index (χ2n) is 6.57. The maximum Gasteiger partial charge on any atom is 0.433 e. The molecule has 144 valence electrons. The van der Waals surface area contributed by atoms with Crippen molar-refractivity contribution in [3.63, 3.8) is 0 Å². The molecule has 0 bridgehead atoms. The topological polar surface area (TPSA) is 63.2 Å². The van der Waals surface area contributed by atoms with Gasteiger partial charge in [0, 0.05) is 30.0 Å². The lowest BCUT2D eigenvalue weighted by Gasteiger charge is -2.34. The lowest BCUT2D eigenvalue weighted by Crippen LogP contribution is -2.45. The monoisotopic (exact) mass is 379 g/mol. The van der Waals surface area contributed by atoms with Crippen LogP contribution >= 0.6 is 0 Å². The average molecular weight is 379 g/mol. The summed E-state index contributed by atoms with van der Waals surface area (Å²) in [5.74, 6) is -0.631. The molecular formula is C19H20F3N3O2. The summed E-state index contributed by atoms with van der Waals surface area (Å²) in [6.45, 7) is 4.82. The van der Waals surface area contributed by atoms with E-state index in [1.165, 1.54) is 6.07 Å². The predicted molar refractivity (Wildman–Crippen MR) is 94.4 cm³/mol. The molecule has 2 aromatic rings. The fraction of sp³-hybridized carbons (Fsp3) is 0.368. The second kappa shape index (κ2) is 7.66. The van der Waals surface area contributed by atoms with Crippen LogP contribution in [-0.4, -0.2) is 29.6 Å². The van der Waals surface area contributed by atoms with Crippen LogP contribution in [0.2, 0.25) is 0 Å². The maximum atomic E-state index is 12.7. The number of ether oxygens (including phenoxy) is 1. The van der Waals surface area contributed by atoms with E-state index in [1.54, 1.807) is 12.1 Å². The normalized spacial score (nSPS) is 23.1. The second-order valence-corrected chi connectivity index (χ2v) is 6.57. The molecule has 1 amide bonds. The number of amides is 1. The number of anilines is 1.